The highest BCUT2D eigenvalue weighted by atomic mass is 16.1. The van der Waals surface area contributed by atoms with E-state index in [1.54, 1.807) is 0 Å². The van der Waals surface area contributed by atoms with Gasteiger partial charge in [0.15, 0.2) is 0 Å². The summed E-state index contributed by atoms with van der Waals surface area (Å²) in [5.74, 6) is 1.41. The first-order valence-electron chi connectivity index (χ1n) is 7.32. The van der Waals surface area contributed by atoms with Gasteiger partial charge in [-0.2, -0.15) is 0 Å². The van der Waals surface area contributed by atoms with Crippen molar-refractivity contribution in [3.63, 3.8) is 0 Å². The molecule has 0 saturated carbocycles. The van der Waals surface area contributed by atoms with E-state index in [0.717, 1.165) is 24.9 Å². The molecule has 0 aliphatic carbocycles. The Bertz CT molecular complexity index is 396. The molecule has 2 nitrogen and oxygen atoms in total. The van der Waals surface area contributed by atoms with Crippen LogP contribution in [0.4, 0.5) is 0 Å². The summed E-state index contributed by atoms with van der Waals surface area (Å²) in [4.78, 5) is 11.8. The van der Waals surface area contributed by atoms with Crippen LogP contribution >= 0.6 is 0 Å². The van der Waals surface area contributed by atoms with Gasteiger partial charge in [-0.05, 0) is 35.8 Å². The summed E-state index contributed by atoms with van der Waals surface area (Å²) in [6, 6.07) is 8.38. The lowest BCUT2D eigenvalue weighted by Gasteiger charge is -2.09. The topological polar surface area (TPSA) is 29.1 Å². The number of amides is 1. The van der Waals surface area contributed by atoms with Gasteiger partial charge in [-0.1, -0.05) is 52.0 Å². The molecule has 1 aromatic rings. The summed E-state index contributed by atoms with van der Waals surface area (Å²) in [5, 5.41) is 2.98. The molecule has 0 atom stereocenters. The molecule has 0 bridgehead atoms. The number of hydrogen-bond acceptors (Lipinski definition) is 1. The highest BCUT2D eigenvalue weighted by molar-refractivity contribution is 5.78. The van der Waals surface area contributed by atoms with E-state index in [4.69, 9.17) is 0 Å². The molecule has 0 spiro atoms. The van der Waals surface area contributed by atoms with Crippen LogP contribution < -0.4 is 5.32 Å². The van der Waals surface area contributed by atoms with Gasteiger partial charge >= 0.3 is 0 Å². The smallest absolute Gasteiger partial charge is 0.224 e. The van der Waals surface area contributed by atoms with Gasteiger partial charge in [-0.3, -0.25) is 4.79 Å². The van der Waals surface area contributed by atoms with E-state index in [0.29, 0.717) is 18.3 Å². The second-order valence-electron chi connectivity index (χ2n) is 6.13. The second-order valence-corrected chi connectivity index (χ2v) is 6.13. The van der Waals surface area contributed by atoms with Gasteiger partial charge < -0.3 is 5.32 Å². The molecule has 19 heavy (non-hydrogen) atoms. The van der Waals surface area contributed by atoms with Crippen molar-refractivity contribution in [3.8, 4) is 0 Å². The van der Waals surface area contributed by atoms with Gasteiger partial charge in [-0.15, -0.1) is 0 Å². The summed E-state index contributed by atoms with van der Waals surface area (Å²) in [5.41, 5.74) is 2.43. The van der Waals surface area contributed by atoms with Crippen molar-refractivity contribution in [1.29, 1.82) is 0 Å². The maximum absolute atomic E-state index is 11.8. The van der Waals surface area contributed by atoms with Crippen LogP contribution in [0.5, 0.6) is 0 Å². The van der Waals surface area contributed by atoms with Crippen LogP contribution in [0.2, 0.25) is 0 Å². The van der Waals surface area contributed by atoms with Crippen LogP contribution in [0, 0.1) is 11.8 Å². The number of carbonyl (C=O) groups excluding carboxylic acids is 1. The van der Waals surface area contributed by atoms with Crippen LogP contribution in [0.15, 0.2) is 24.3 Å². The number of carbonyl (C=O) groups is 1. The van der Waals surface area contributed by atoms with E-state index in [-0.39, 0.29) is 5.91 Å². The Kier molecular flexibility index (Phi) is 6.61. The number of hydrogen-bond donors (Lipinski definition) is 1. The van der Waals surface area contributed by atoms with Crippen LogP contribution in [-0.4, -0.2) is 12.5 Å². The van der Waals surface area contributed by atoms with E-state index in [9.17, 15) is 4.79 Å². The summed E-state index contributed by atoms with van der Waals surface area (Å²) in [6.45, 7) is 9.54. The zero-order chi connectivity index (χ0) is 14.3. The lowest BCUT2D eigenvalue weighted by Crippen LogP contribution is -2.26. The fraction of sp³-hybridized carbons (Fsp3) is 0.588. The second kappa shape index (κ2) is 7.98. The molecule has 1 rings (SSSR count). The number of rotatable bonds is 7. The van der Waals surface area contributed by atoms with Crippen LogP contribution in [-0.2, 0) is 17.6 Å². The Morgan fingerprint density at radius 1 is 1.11 bits per heavy atom. The molecule has 2 heteroatoms. The molecule has 0 heterocycles. The van der Waals surface area contributed by atoms with Gasteiger partial charge in [0.25, 0.3) is 0 Å². The Balaban J connectivity index is 2.45. The maximum atomic E-state index is 11.8. The van der Waals surface area contributed by atoms with Crippen molar-refractivity contribution in [2.75, 3.05) is 6.54 Å². The highest BCUT2D eigenvalue weighted by Gasteiger charge is 2.05. The molecule has 0 saturated heterocycles. The van der Waals surface area contributed by atoms with Crippen LogP contribution in [0.3, 0.4) is 0 Å². The molecule has 0 aliphatic rings. The summed E-state index contributed by atoms with van der Waals surface area (Å²) < 4.78 is 0. The first kappa shape index (κ1) is 15.7. The molecule has 106 valence electrons. The molecule has 1 aromatic carbocycles. The van der Waals surface area contributed by atoms with E-state index >= 15 is 0 Å². The van der Waals surface area contributed by atoms with Crippen molar-refractivity contribution in [2.24, 2.45) is 11.8 Å². The number of nitrogens with one attached hydrogen (secondary N) is 1. The number of benzene rings is 1. The lowest BCUT2D eigenvalue weighted by molar-refractivity contribution is -0.120. The highest BCUT2D eigenvalue weighted by Crippen LogP contribution is 2.11. The van der Waals surface area contributed by atoms with E-state index < -0.39 is 0 Å². The zero-order valence-electron chi connectivity index (χ0n) is 12.7. The van der Waals surface area contributed by atoms with E-state index in [1.807, 2.05) is 6.07 Å². The minimum absolute atomic E-state index is 0.127. The lowest BCUT2D eigenvalue weighted by atomic mass is 10.00. The Morgan fingerprint density at radius 2 is 1.79 bits per heavy atom. The average Bonchev–Trinajstić information content (AvgIpc) is 2.27. The zero-order valence-corrected chi connectivity index (χ0v) is 12.7. The third-order valence-corrected chi connectivity index (χ3v) is 3.04. The quantitative estimate of drug-likeness (QED) is 0.798. The fourth-order valence-corrected chi connectivity index (χ4v) is 2.09. The van der Waals surface area contributed by atoms with Crippen molar-refractivity contribution < 1.29 is 4.79 Å². The Hall–Kier alpha value is -1.31. The SMILES string of the molecule is CC(C)CCNC(=O)Cc1cccc(CC(C)C)c1. The minimum Gasteiger partial charge on any atom is -0.356 e. The largest absolute Gasteiger partial charge is 0.356 e. The van der Waals surface area contributed by atoms with Crippen LogP contribution in [0.1, 0.15) is 45.2 Å². The summed E-state index contributed by atoms with van der Waals surface area (Å²) in [7, 11) is 0. The summed E-state index contributed by atoms with van der Waals surface area (Å²) in [6.07, 6.45) is 2.60. The van der Waals surface area contributed by atoms with E-state index in [1.165, 1.54) is 5.56 Å². The normalized spacial score (nSPS) is 11.1. The fourth-order valence-electron chi connectivity index (χ4n) is 2.09. The Morgan fingerprint density at radius 3 is 2.42 bits per heavy atom. The van der Waals surface area contributed by atoms with Crippen molar-refractivity contribution >= 4 is 5.91 Å². The molecule has 1 amide bonds. The Labute approximate surface area is 117 Å². The summed E-state index contributed by atoms with van der Waals surface area (Å²) >= 11 is 0. The molecular formula is C17H27NO. The predicted molar refractivity (Wildman–Crippen MR) is 81.2 cm³/mol. The monoisotopic (exact) mass is 261 g/mol. The average molecular weight is 261 g/mol. The third-order valence-electron chi connectivity index (χ3n) is 3.04. The van der Waals surface area contributed by atoms with Gasteiger partial charge in [0.05, 0.1) is 6.42 Å². The molecule has 0 radical (unpaired) electrons. The maximum Gasteiger partial charge on any atom is 0.224 e. The standard InChI is InChI=1S/C17H27NO/c1-13(2)8-9-18-17(19)12-16-7-5-6-15(11-16)10-14(3)4/h5-7,11,13-14H,8-10,12H2,1-4H3,(H,18,19). The molecular weight excluding hydrogens is 234 g/mol. The molecule has 0 fully saturated rings. The first-order valence-corrected chi connectivity index (χ1v) is 7.32. The van der Waals surface area contributed by atoms with Crippen molar-refractivity contribution in [1.82, 2.24) is 5.32 Å². The molecule has 0 unspecified atom stereocenters. The first-order chi connectivity index (χ1) is 8.97. The minimum atomic E-state index is 0.127. The molecule has 1 N–H and O–H groups in total. The predicted octanol–water partition coefficient (Wildman–Crippen LogP) is 3.59. The van der Waals surface area contributed by atoms with Crippen molar-refractivity contribution in [2.45, 2.75) is 47.0 Å². The third kappa shape index (κ3) is 7.00. The van der Waals surface area contributed by atoms with Crippen molar-refractivity contribution in [3.05, 3.63) is 35.4 Å². The van der Waals surface area contributed by atoms with Gasteiger partial charge in [-0.25, -0.2) is 0 Å². The molecule has 0 aliphatic heterocycles. The van der Waals surface area contributed by atoms with Gasteiger partial charge in [0.2, 0.25) is 5.91 Å². The molecule has 0 aromatic heterocycles. The van der Waals surface area contributed by atoms with Gasteiger partial charge in [0, 0.05) is 6.54 Å². The van der Waals surface area contributed by atoms with E-state index in [2.05, 4.69) is 51.2 Å². The van der Waals surface area contributed by atoms with Crippen LogP contribution in [0.25, 0.3) is 0 Å². The van der Waals surface area contributed by atoms with Gasteiger partial charge in [0.1, 0.15) is 0 Å².